The van der Waals surface area contributed by atoms with Gasteiger partial charge in [-0.1, -0.05) is 60.7 Å². The van der Waals surface area contributed by atoms with Crippen LogP contribution in [0.4, 0.5) is 5.82 Å². The fraction of sp³-hybridized carbons (Fsp3) is 0.115. The van der Waals surface area contributed by atoms with Crippen molar-refractivity contribution < 1.29 is 4.79 Å². The van der Waals surface area contributed by atoms with Crippen LogP contribution in [0, 0.1) is 0 Å². The maximum absolute atomic E-state index is 13.6. The number of amides is 1. The van der Waals surface area contributed by atoms with E-state index < -0.39 is 0 Å². The van der Waals surface area contributed by atoms with Gasteiger partial charge in [-0.3, -0.25) is 4.79 Å². The van der Waals surface area contributed by atoms with Gasteiger partial charge in [0, 0.05) is 24.8 Å². The topological polar surface area (TPSA) is 92.3 Å². The summed E-state index contributed by atoms with van der Waals surface area (Å²) in [5.74, 6) is 0.804. The predicted molar refractivity (Wildman–Crippen MR) is 129 cm³/mol. The Labute approximate surface area is 191 Å². The minimum atomic E-state index is -0.0894. The third kappa shape index (κ3) is 4.48. The SMILES string of the molecule is Nc1cc(C(=O)N(CCc2ccccc2)Cc2ccccc2)cc2nc(-c3ccc[nH]3)nn12. The molecule has 0 saturated heterocycles. The van der Waals surface area contributed by atoms with Gasteiger partial charge in [-0.2, -0.15) is 4.52 Å². The number of carbonyl (C=O) groups excluding carboxylic acids is 1. The lowest BCUT2D eigenvalue weighted by molar-refractivity contribution is 0.0745. The molecular weight excluding hydrogens is 412 g/mol. The van der Waals surface area contributed by atoms with Crippen LogP contribution >= 0.6 is 0 Å². The molecule has 5 aromatic rings. The molecular formula is C26H24N6O. The lowest BCUT2D eigenvalue weighted by atomic mass is 10.1. The van der Waals surface area contributed by atoms with Crippen molar-refractivity contribution in [3.63, 3.8) is 0 Å². The average Bonchev–Trinajstić information content (AvgIpc) is 3.53. The molecule has 3 aromatic heterocycles. The molecule has 0 unspecified atom stereocenters. The first kappa shape index (κ1) is 20.5. The molecule has 2 aromatic carbocycles. The number of H-pyrrole nitrogens is 1. The minimum absolute atomic E-state index is 0.0894. The zero-order valence-corrected chi connectivity index (χ0v) is 18.1. The number of nitrogen functional groups attached to an aromatic ring is 1. The first-order chi connectivity index (χ1) is 16.2. The molecule has 33 heavy (non-hydrogen) atoms. The maximum atomic E-state index is 13.6. The number of aromatic amines is 1. The van der Waals surface area contributed by atoms with E-state index in [0.29, 0.717) is 35.9 Å². The molecule has 5 rings (SSSR count). The molecule has 0 radical (unpaired) electrons. The van der Waals surface area contributed by atoms with E-state index in [-0.39, 0.29) is 5.91 Å². The number of hydrogen-bond acceptors (Lipinski definition) is 4. The van der Waals surface area contributed by atoms with E-state index in [4.69, 9.17) is 5.73 Å². The third-order valence-corrected chi connectivity index (χ3v) is 5.57. The predicted octanol–water partition coefficient (Wildman–Crippen LogP) is 4.19. The Morgan fingerprint density at radius 2 is 1.67 bits per heavy atom. The van der Waals surface area contributed by atoms with E-state index in [0.717, 1.165) is 17.7 Å². The molecule has 0 saturated carbocycles. The summed E-state index contributed by atoms with van der Waals surface area (Å²) in [6, 6.07) is 27.4. The highest BCUT2D eigenvalue weighted by Crippen LogP contribution is 2.20. The Morgan fingerprint density at radius 1 is 0.939 bits per heavy atom. The minimum Gasteiger partial charge on any atom is -0.384 e. The van der Waals surface area contributed by atoms with Gasteiger partial charge in [0.25, 0.3) is 5.91 Å². The number of fused-ring (bicyclic) bond motifs is 1. The molecule has 0 spiro atoms. The largest absolute Gasteiger partial charge is 0.384 e. The Balaban J connectivity index is 1.45. The number of aromatic nitrogens is 4. The standard InChI is InChI=1S/C26H24N6O/c27-23-16-21(17-24-29-25(30-32(23)24)22-12-7-14-28-22)26(33)31(18-20-10-5-2-6-11-20)15-13-19-8-3-1-4-9-19/h1-12,14,16-17,28H,13,15,18,27H2. The van der Waals surface area contributed by atoms with Gasteiger partial charge in [-0.05, 0) is 41.8 Å². The number of carbonyl (C=O) groups is 1. The zero-order chi connectivity index (χ0) is 22.6. The number of benzene rings is 2. The van der Waals surface area contributed by atoms with Crippen molar-refractivity contribution in [1.29, 1.82) is 0 Å². The van der Waals surface area contributed by atoms with Gasteiger partial charge < -0.3 is 15.6 Å². The van der Waals surface area contributed by atoms with Crippen molar-refractivity contribution >= 4 is 17.4 Å². The van der Waals surface area contributed by atoms with E-state index >= 15 is 0 Å². The molecule has 7 heteroatoms. The zero-order valence-electron chi connectivity index (χ0n) is 18.1. The molecule has 0 aliphatic heterocycles. The monoisotopic (exact) mass is 436 g/mol. The number of anilines is 1. The first-order valence-electron chi connectivity index (χ1n) is 10.8. The fourth-order valence-corrected chi connectivity index (χ4v) is 3.86. The third-order valence-electron chi connectivity index (χ3n) is 5.57. The van der Waals surface area contributed by atoms with Crippen molar-refractivity contribution in [2.24, 2.45) is 0 Å². The van der Waals surface area contributed by atoms with Gasteiger partial charge in [0.1, 0.15) is 5.82 Å². The summed E-state index contributed by atoms with van der Waals surface area (Å²) in [5, 5.41) is 4.47. The lowest BCUT2D eigenvalue weighted by Crippen LogP contribution is -2.32. The molecule has 0 aliphatic rings. The van der Waals surface area contributed by atoms with Crippen LogP contribution in [0.2, 0.25) is 0 Å². The van der Waals surface area contributed by atoms with Crippen LogP contribution in [0.25, 0.3) is 17.2 Å². The number of rotatable bonds is 7. The van der Waals surface area contributed by atoms with E-state index in [1.807, 2.05) is 71.8 Å². The van der Waals surface area contributed by atoms with E-state index in [1.165, 1.54) is 5.56 Å². The summed E-state index contributed by atoms with van der Waals surface area (Å²) in [7, 11) is 0. The summed E-state index contributed by atoms with van der Waals surface area (Å²) >= 11 is 0. The van der Waals surface area contributed by atoms with Crippen LogP contribution in [-0.2, 0) is 13.0 Å². The van der Waals surface area contributed by atoms with Crippen molar-refractivity contribution in [1.82, 2.24) is 24.5 Å². The van der Waals surface area contributed by atoms with Crippen LogP contribution in [-0.4, -0.2) is 36.9 Å². The molecule has 164 valence electrons. The Bertz CT molecular complexity index is 1360. The molecule has 0 aliphatic carbocycles. The molecule has 7 nitrogen and oxygen atoms in total. The van der Waals surface area contributed by atoms with Gasteiger partial charge in [-0.25, -0.2) is 4.98 Å². The number of nitrogens with two attached hydrogens (primary N) is 1. The summed E-state index contributed by atoms with van der Waals surface area (Å²) < 4.78 is 1.55. The molecule has 0 atom stereocenters. The van der Waals surface area contributed by atoms with E-state index in [9.17, 15) is 4.79 Å². The van der Waals surface area contributed by atoms with Crippen molar-refractivity contribution in [2.45, 2.75) is 13.0 Å². The summed E-state index contributed by atoms with van der Waals surface area (Å²) in [6.07, 6.45) is 2.58. The highest BCUT2D eigenvalue weighted by molar-refractivity contribution is 5.96. The summed E-state index contributed by atoms with van der Waals surface area (Å²) in [4.78, 5) is 23.1. The second-order valence-electron chi connectivity index (χ2n) is 7.91. The number of nitrogens with one attached hydrogen (secondary N) is 1. The number of hydrogen-bond donors (Lipinski definition) is 2. The maximum Gasteiger partial charge on any atom is 0.254 e. The number of pyridine rings is 1. The van der Waals surface area contributed by atoms with Crippen LogP contribution in [0.1, 0.15) is 21.5 Å². The van der Waals surface area contributed by atoms with E-state index in [1.54, 1.807) is 16.6 Å². The van der Waals surface area contributed by atoms with Gasteiger partial charge in [0.05, 0.1) is 5.69 Å². The molecule has 3 heterocycles. The normalized spacial score (nSPS) is 11.0. The fourth-order valence-electron chi connectivity index (χ4n) is 3.86. The highest BCUT2D eigenvalue weighted by Gasteiger charge is 2.19. The highest BCUT2D eigenvalue weighted by atomic mass is 16.2. The second kappa shape index (κ2) is 9.00. The van der Waals surface area contributed by atoms with Crippen LogP contribution < -0.4 is 5.73 Å². The number of nitrogens with zero attached hydrogens (tertiary/aromatic N) is 4. The Kier molecular flexibility index (Phi) is 5.59. The van der Waals surface area contributed by atoms with Gasteiger partial charge in [0.15, 0.2) is 11.5 Å². The molecule has 0 fully saturated rings. The summed E-state index contributed by atoms with van der Waals surface area (Å²) in [6.45, 7) is 1.10. The van der Waals surface area contributed by atoms with Gasteiger partial charge in [-0.15, -0.1) is 5.10 Å². The second-order valence-corrected chi connectivity index (χ2v) is 7.91. The molecule has 0 bridgehead atoms. The average molecular weight is 437 g/mol. The van der Waals surface area contributed by atoms with Crippen molar-refractivity contribution in [3.05, 3.63) is 108 Å². The Hall–Kier alpha value is -4.39. The van der Waals surface area contributed by atoms with Crippen LogP contribution in [0.5, 0.6) is 0 Å². The van der Waals surface area contributed by atoms with Crippen molar-refractivity contribution in [3.8, 4) is 11.5 Å². The first-order valence-corrected chi connectivity index (χ1v) is 10.8. The molecule has 3 N–H and O–H groups in total. The van der Waals surface area contributed by atoms with E-state index in [2.05, 4.69) is 27.2 Å². The van der Waals surface area contributed by atoms with Crippen LogP contribution in [0.3, 0.4) is 0 Å². The Morgan fingerprint density at radius 3 is 2.36 bits per heavy atom. The van der Waals surface area contributed by atoms with Gasteiger partial charge in [0.2, 0.25) is 0 Å². The van der Waals surface area contributed by atoms with Gasteiger partial charge >= 0.3 is 0 Å². The smallest absolute Gasteiger partial charge is 0.254 e. The molecule has 1 amide bonds. The quantitative estimate of drug-likeness (QED) is 0.400. The van der Waals surface area contributed by atoms with Crippen molar-refractivity contribution in [2.75, 3.05) is 12.3 Å². The van der Waals surface area contributed by atoms with Crippen LogP contribution in [0.15, 0.2) is 91.1 Å². The lowest BCUT2D eigenvalue weighted by Gasteiger charge is -2.23. The summed E-state index contributed by atoms with van der Waals surface area (Å²) in [5.41, 5.74) is 10.3.